The van der Waals surface area contributed by atoms with Gasteiger partial charge in [-0.25, -0.2) is 0 Å². The maximum Gasteiger partial charge on any atom is 0.217 e. The van der Waals surface area contributed by atoms with Crippen LogP contribution >= 0.6 is 15.9 Å². The number of carbonyl (C=O) groups excluding carboxylic acids is 1. The molecule has 0 aromatic heterocycles. The zero-order chi connectivity index (χ0) is 16.0. The largest absolute Gasteiger partial charge is 0.492 e. The van der Waals surface area contributed by atoms with Gasteiger partial charge in [-0.1, -0.05) is 26.8 Å². The Morgan fingerprint density at radius 2 is 2.10 bits per heavy atom. The van der Waals surface area contributed by atoms with Crippen LogP contribution in [0.3, 0.4) is 0 Å². The Hall–Kier alpha value is -1.07. The van der Waals surface area contributed by atoms with Gasteiger partial charge < -0.3 is 16.2 Å². The lowest BCUT2D eigenvalue weighted by Gasteiger charge is -2.27. The molecule has 1 unspecified atom stereocenters. The van der Waals surface area contributed by atoms with Gasteiger partial charge in [-0.3, -0.25) is 4.79 Å². The summed E-state index contributed by atoms with van der Waals surface area (Å²) in [6.07, 6.45) is 1.99. The predicted octanol–water partition coefficient (Wildman–Crippen LogP) is 3.53. The minimum atomic E-state index is -0.295. The molecule has 5 heteroatoms. The van der Waals surface area contributed by atoms with Gasteiger partial charge in [0, 0.05) is 12.5 Å². The van der Waals surface area contributed by atoms with Crippen LogP contribution in [-0.2, 0) is 4.79 Å². The van der Waals surface area contributed by atoms with E-state index < -0.39 is 0 Å². The second kappa shape index (κ2) is 7.80. The smallest absolute Gasteiger partial charge is 0.217 e. The van der Waals surface area contributed by atoms with Crippen LogP contribution in [0.25, 0.3) is 0 Å². The molecule has 0 aliphatic carbocycles. The van der Waals surface area contributed by atoms with E-state index in [4.69, 9.17) is 16.2 Å². The summed E-state index contributed by atoms with van der Waals surface area (Å²) in [7, 11) is 0. The van der Waals surface area contributed by atoms with E-state index >= 15 is 0 Å². The summed E-state index contributed by atoms with van der Waals surface area (Å²) in [5.74, 6) is 0.529. The fraction of sp³-hybridized carbons (Fsp3) is 0.562. The van der Waals surface area contributed by atoms with Gasteiger partial charge in [0.15, 0.2) is 0 Å². The number of ether oxygens (including phenoxy) is 1. The molecule has 1 aromatic rings. The van der Waals surface area contributed by atoms with E-state index in [9.17, 15) is 4.79 Å². The molecule has 0 heterocycles. The molecule has 21 heavy (non-hydrogen) atoms. The molecular weight excluding hydrogens is 332 g/mol. The lowest BCUT2D eigenvalue weighted by molar-refractivity contribution is -0.120. The summed E-state index contributed by atoms with van der Waals surface area (Å²) in [5, 5.41) is 0. The van der Waals surface area contributed by atoms with Crippen molar-refractivity contribution in [2.75, 3.05) is 6.61 Å². The highest BCUT2D eigenvalue weighted by atomic mass is 79.9. The normalized spacial score (nSPS) is 13.0. The average Bonchev–Trinajstić information content (AvgIpc) is 2.34. The lowest BCUT2D eigenvalue weighted by atomic mass is 9.81. The van der Waals surface area contributed by atoms with Crippen LogP contribution in [0.1, 0.15) is 51.6 Å². The molecule has 4 N–H and O–H groups in total. The minimum absolute atomic E-state index is 0.143. The van der Waals surface area contributed by atoms with Crippen LogP contribution in [0, 0.1) is 5.41 Å². The summed E-state index contributed by atoms with van der Waals surface area (Å²) in [6.45, 7) is 6.77. The van der Waals surface area contributed by atoms with Crippen LogP contribution in [0.4, 0.5) is 0 Å². The maximum atomic E-state index is 11.1. The monoisotopic (exact) mass is 356 g/mol. The number of amides is 1. The van der Waals surface area contributed by atoms with E-state index in [2.05, 4.69) is 22.9 Å². The molecule has 0 saturated carbocycles. The van der Waals surface area contributed by atoms with Gasteiger partial charge in [-0.05, 0) is 51.9 Å². The van der Waals surface area contributed by atoms with Gasteiger partial charge in [-0.15, -0.1) is 0 Å². The Kier molecular flexibility index (Phi) is 6.68. The molecule has 118 valence electrons. The third-order valence-electron chi connectivity index (χ3n) is 3.27. The van der Waals surface area contributed by atoms with Crippen molar-refractivity contribution in [3.63, 3.8) is 0 Å². The van der Waals surface area contributed by atoms with Gasteiger partial charge in [0.1, 0.15) is 5.75 Å². The number of rotatable bonds is 8. The number of hydrogen-bond acceptors (Lipinski definition) is 3. The summed E-state index contributed by atoms with van der Waals surface area (Å²) < 4.78 is 6.52. The fourth-order valence-corrected chi connectivity index (χ4v) is 2.84. The highest BCUT2D eigenvalue weighted by molar-refractivity contribution is 9.10. The Morgan fingerprint density at radius 1 is 1.43 bits per heavy atom. The number of carbonyl (C=O) groups is 1. The quantitative estimate of drug-likeness (QED) is 0.747. The van der Waals surface area contributed by atoms with E-state index in [0.29, 0.717) is 19.4 Å². The second-order valence-electron chi connectivity index (χ2n) is 6.16. The molecule has 0 saturated heterocycles. The molecule has 0 spiro atoms. The highest BCUT2D eigenvalue weighted by Crippen LogP contribution is 2.34. The van der Waals surface area contributed by atoms with Crippen molar-refractivity contribution in [2.45, 2.75) is 46.1 Å². The van der Waals surface area contributed by atoms with Crippen LogP contribution in [0.15, 0.2) is 22.7 Å². The van der Waals surface area contributed by atoms with Gasteiger partial charge in [-0.2, -0.15) is 0 Å². The lowest BCUT2D eigenvalue weighted by Crippen LogP contribution is -2.27. The molecule has 0 radical (unpaired) electrons. The molecule has 1 rings (SSSR count). The van der Waals surface area contributed by atoms with Crippen molar-refractivity contribution >= 4 is 21.8 Å². The molecule has 0 aliphatic heterocycles. The fourth-order valence-electron chi connectivity index (χ4n) is 2.33. The average molecular weight is 357 g/mol. The molecule has 1 amide bonds. The first kappa shape index (κ1) is 18.0. The van der Waals surface area contributed by atoms with Crippen LogP contribution in [-0.4, -0.2) is 12.5 Å². The van der Waals surface area contributed by atoms with Crippen molar-refractivity contribution < 1.29 is 9.53 Å². The van der Waals surface area contributed by atoms with Gasteiger partial charge in [0.05, 0.1) is 11.1 Å². The van der Waals surface area contributed by atoms with Crippen molar-refractivity contribution in [3.05, 3.63) is 28.2 Å². The van der Waals surface area contributed by atoms with E-state index in [1.54, 1.807) is 0 Å². The van der Waals surface area contributed by atoms with Crippen molar-refractivity contribution in [3.8, 4) is 5.75 Å². The zero-order valence-corrected chi connectivity index (χ0v) is 14.6. The van der Waals surface area contributed by atoms with Crippen LogP contribution < -0.4 is 16.2 Å². The Morgan fingerprint density at radius 3 is 2.62 bits per heavy atom. The maximum absolute atomic E-state index is 11.1. The SMILES string of the molecule is CCCOc1ccc(C(N)CC(C)(C)CC(N)=O)cc1Br. The molecule has 0 aliphatic rings. The number of nitrogens with two attached hydrogens (primary N) is 2. The zero-order valence-electron chi connectivity index (χ0n) is 13.0. The third kappa shape index (κ3) is 6.06. The first-order valence-electron chi connectivity index (χ1n) is 7.21. The third-order valence-corrected chi connectivity index (χ3v) is 3.89. The van der Waals surface area contributed by atoms with Crippen molar-refractivity contribution in [1.29, 1.82) is 0 Å². The van der Waals surface area contributed by atoms with Gasteiger partial charge >= 0.3 is 0 Å². The van der Waals surface area contributed by atoms with Gasteiger partial charge in [0.2, 0.25) is 5.91 Å². The Balaban J connectivity index is 2.76. The molecule has 0 fully saturated rings. The first-order chi connectivity index (χ1) is 9.75. The minimum Gasteiger partial charge on any atom is -0.492 e. The second-order valence-corrected chi connectivity index (χ2v) is 7.01. The Labute approximate surface area is 135 Å². The van der Waals surface area contributed by atoms with Crippen LogP contribution in [0.5, 0.6) is 5.75 Å². The summed E-state index contributed by atoms with van der Waals surface area (Å²) in [4.78, 5) is 11.1. The van der Waals surface area contributed by atoms with E-state index in [-0.39, 0.29) is 17.4 Å². The summed E-state index contributed by atoms with van der Waals surface area (Å²) in [5.41, 5.74) is 12.3. The molecule has 1 aromatic carbocycles. The molecule has 4 nitrogen and oxygen atoms in total. The first-order valence-corrected chi connectivity index (χ1v) is 8.00. The van der Waals surface area contributed by atoms with E-state index in [0.717, 1.165) is 22.2 Å². The topological polar surface area (TPSA) is 78.3 Å². The van der Waals surface area contributed by atoms with E-state index in [1.807, 2.05) is 32.0 Å². The number of halogens is 1. The Bertz CT molecular complexity index is 489. The highest BCUT2D eigenvalue weighted by Gasteiger charge is 2.24. The predicted molar refractivity (Wildman–Crippen MR) is 89.1 cm³/mol. The van der Waals surface area contributed by atoms with Crippen molar-refractivity contribution in [1.82, 2.24) is 0 Å². The van der Waals surface area contributed by atoms with Gasteiger partial charge in [0.25, 0.3) is 0 Å². The molecule has 1 atom stereocenters. The van der Waals surface area contributed by atoms with E-state index in [1.165, 1.54) is 0 Å². The molecular formula is C16H25BrN2O2. The summed E-state index contributed by atoms with van der Waals surface area (Å²) in [6, 6.07) is 5.74. The van der Waals surface area contributed by atoms with Crippen LogP contribution in [0.2, 0.25) is 0 Å². The number of primary amides is 1. The number of benzene rings is 1. The molecule has 0 bridgehead atoms. The van der Waals surface area contributed by atoms with Crippen molar-refractivity contribution in [2.24, 2.45) is 16.9 Å². The standard InChI is InChI=1S/C16H25BrN2O2/c1-4-7-21-14-6-5-11(8-12(14)17)13(18)9-16(2,3)10-15(19)20/h5-6,8,13H,4,7,9-10,18H2,1-3H3,(H2,19,20). The summed E-state index contributed by atoms with van der Waals surface area (Å²) >= 11 is 3.51. The number of hydrogen-bond donors (Lipinski definition) is 2.